The fourth-order valence-corrected chi connectivity index (χ4v) is 3.01. The minimum atomic E-state index is 0.0220. The molecule has 0 aliphatic heterocycles. The van der Waals surface area contributed by atoms with Crippen LogP contribution in [0, 0.1) is 0 Å². The summed E-state index contributed by atoms with van der Waals surface area (Å²) in [5, 5.41) is 1.55. The van der Waals surface area contributed by atoms with E-state index in [9.17, 15) is 0 Å². The van der Waals surface area contributed by atoms with Crippen LogP contribution in [0.1, 0.15) is 19.8 Å². The minimum absolute atomic E-state index is 0.0220. The Bertz CT molecular complexity index is 917. The highest BCUT2D eigenvalue weighted by molar-refractivity contribution is 6.32. The number of nitrogens with two attached hydrogens (primary N) is 1. The predicted octanol–water partition coefficient (Wildman–Crippen LogP) is 5.11. The van der Waals surface area contributed by atoms with Gasteiger partial charge in [0.05, 0.1) is 24.8 Å². The molecule has 3 rings (SSSR count). The Morgan fingerprint density at radius 2 is 1.96 bits per heavy atom. The van der Waals surface area contributed by atoms with Crippen LogP contribution in [0.4, 0.5) is 5.82 Å². The van der Waals surface area contributed by atoms with Crippen molar-refractivity contribution >= 4 is 28.3 Å². The van der Waals surface area contributed by atoms with Gasteiger partial charge in [-0.3, -0.25) is 0 Å². The molecule has 5 nitrogen and oxygen atoms in total. The maximum absolute atomic E-state index is 6.18. The number of nitrogen functional groups attached to an aromatic ring is 1. The topological polar surface area (TPSA) is 66.6 Å². The maximum Gasteiger partial charge on any atom is 0.146 e. The number of benzene rings is 2. The van der Waals surface area contributed by atoms with E-state index in [1.807, 2.05) is 43.3 Å². The lowest BCUT2D eigenvalue weighted by Crippen LogP contribution is -2.13. The highest BCUT2D eigenvalue weighted by atomic mass is 35.5. The summed E-state index contributed by atoms with van der Waals surface area (Å²) >= 11 is 6.18. The molecule has 0 saturated heterocycles. The molecule has 1 atom stereocenters. The Kier molecular flexibility index (Phi) is 6.24. The van der Waals surface area contributed by atoms with Crippen molar-refractivity contribution in [2.45, 2.75) is 25.9 Å². The van der Waals surface area contributed by atoms with Crippen LogP contribution in [-0.4, -0.2) is 24.8 Å². The van der Waals surface area contributed by atoms with Crippen molar-refractivity contribution in [3.05, 3.63) is 53.6 Å². The van der Waals surface area contributed by atoms with E-state index in [0.717, 1.165) is 29.5 Å². The molecule has 0 bridgehead atoms. The van der Waals surface area contributed by atoms with E-state index in [1.54, 1.807) is 19.2 Å². The average molecular weight is 387 g/mol. The van der Waals surface area contributed by atoms with Crippen molar-refractivity contribution in [3.63, 3.8) is 0 Å². The summed E-state index contributed by atoms with van der Waals surface area (Å²) in [5.41, 5.74) is 6.59. The first kappa shape index (κ1) is 19.1. The Balaban J connectivity index is 1.52. The van der Waals surface area contributed by atoms with E-state index in [2.05, 4.69) is 4.98 Å². The molecule has 2 N–H and O–H groups in total. The Morgan fingerprint density at radius 3 is 2.74 bits per heavy atom. The smallest absolute Gasteiger partial charge is 0.146 e. The monoisotopic (exact) mass is 386 g/mol. The van der Waals surface area contributed by atoms with Gasteiger partial charge in [0.1, 0.15) is 28.6 Å². The number of methoxy groups -OCH3 is 1. The van der Waals surface area contributed by atoms with Crippen molar-refractivity contribution in [3.8, 4) is 17.2 Å². The molecule has 1 aromatic heterocycles. The van der Waals surface area contributed by atoms with E-state index in [-0.39, 0.29) is 6.10 Å². The average Bonchev–Trinajstić information content (AvgIpc) is 2.66. The second kappa shape index (κ2) is 8.82. The van der Waals surface area contributed by atoms with Gasteiger partial charge in [0.15, 0.2) is 0 Å². The zero-order chi connectivity index (χ0) is 19.2. The van der Waals surface area contributed by atoms with Crippen LogP contribution in [0.5, 0.6) is 17.2 Å². The lowest BCUT2D eigenvalue weighted by atomic mass is 10.2. The van der Waals surface area contributed by atoms with Gasteiger partial charge in [-0.1, -0.05) is 23.7 Å². The summed E-state index contributed by atoms with van der Waals surface area (Å²) < 4.78 is 17.0. The Morgan fingerprint density at radius 1 is 1.11 bits per heavy atom. The SMILES string of the molecule is COc1ccc(OCCCC(C)Oc2cccc3ccc(N)nc23)c(Cl)c1. The number of pyridine rings is 1. The van der Waals surface area contributed by atoms with Gasteiger partial charge >= 0.3 is 0 Å². The molecule has 27 heavy (non-hydrogen) atoms. The number of hydrogen-bond donors (Lipinski definition) is 1. The van der Waals surface area contributed by atoms with Gasteiger partial charge in [-0.25, -0.2) is 4.98 Å². The number of aromatic nitrogens is 1. The number of hydrogen-bond acceptors (Lipinski definition) is 5. The highest BCUT2D eigenvalue weighted by Gasteiger charge is 2.10. The zero-order valence-electron chi connectivity index (χ0n) is 15.4. The zero-order valence-corrected chi connectivity index (χ0v) is 16.2. The van der Waals surface area contributed by atoms with Crippen LogP contribution in [0.15, 0.2) is 48.5 Å². The largest absolute Gasteiger partial charge is 0.497 e. The quantitative estimate of drug-likeness (QED) is 0.545. The first-order valence-electron chi connectivity index (χ1n) is 8.85. The van der Waals surface area contributed by atoms with E-state index in [4.69, 9.17) is 31.5 Å². The lowest BCUT2D eigenvalue weighted by Gasteiger charge is -2.16. The number of para-hydroxylation sites is 1. The van der Waals surface area contributed by atoms with Crippen LogP contribution in [0.25, 0.3) is 10.9 Å². The molecule has 0 saturated carbocycles. The summed E-state index contributed by atoms with van der Waals surface area (Å²) in [6, 6.07) is 15.0. The molecule has 3 aromatic rings. The van der Waals surface area contributed by atoms with Gasteiger partial charge < -0.3 is 19.9 Å². The molecule has 6 heteroatoms. The molecular formula is C21H23ClN2O3. The van der Waals surface area contributed by atoms with Gasteiger partial charge in [0.2, 0.25) is 0 Å². The Hall–Kier alpha value is -2.66. The van der Waals surface area contributed by atoms with E-state index in [0.29, 0.717) is 28.9 Å². The van der Waals surface area contributed by atoms with Crippen LogP contribution < -0.4 is 19.9 Å². The maximum atomic E-state index is 6.18. The summed E-state index contributed by atoms with van der Waals surface area (Å²) in [6.45, 7) is 2.59. The van der Waals surface area contributed by atoms with E-state index >= 15 is 0 Å². The molecule has 0 radical (unpaired) electrons. The van der Waals surface area contributed by atoms with Crippen LogP contribution >= 0.6 is 11.6 Å². The molecule has 0 aliphatic rings. The molecule has 0 amide bonds. The molecular weight excluding hydrogens is 364 g/mol. The normalized spacial score (nSPS) is 12.0. The van der Waals surface area contributed by atoms with Crippen molar-refractivity contribution in [2.75, 3.05) is 19.5 Å². The summed E-state index contributed by atoms with van der Waals surface area (Å²) in [5.74, 6) is 2.58. The third-order valence-corrected chi connectivity index (χ3v) is 4.48. The van der Waals surface area contributed by atoms with Crippen molar-refractivity contribution in [1.29, 1.82) is 0 Å². The van der Waals surface area contributed by atoms with Gasteiger partial charge in [-0.2, -0.15) is 0 Å². The minimum Gasteiger partial charge on any atom is -0.497 e. The summed E-state index contributed by atoms with van der Waals surface area (Å²) in [6.07, 6.45) is 1.70. The predicted molar refractivity (Wildman–Crippen MR) is 109 cm³/mol. The van der Waals surface area contributed by atoms with Gasteiger partial charge in [-0.15, -0.1) is 0 Å². The molecule has 0 fully saturated rings. The number of halogens is 1. The first-order chi connectivity index (χ1) is 13.1. The van der Waals surface area contributed by atoms with Gasteiger partial charge in [0.25, 0.3) is 0 Å². The first-order valence-corrected chi connectivity index (χ1v) is 9.23. The second-order valence-corrected chi connectivity index (χ2v) is 6.69. The summed E-state index contributed by atoms with van der Waals surface area (Å²) in [7, 11) is 1.60. The van der Waals surface area contributed by atoms with Crippen LogP contribution in [0.2, 0.25) is 5.02 Å². The highest BCUT2D eigenvalue weighted by Crippen LogP contribution is 2.29. The van der Waals surface area contributed by atoms with Gasteiger partial charge in [-0.05, 0) is 50.1 Å². The lowest BCUT2D eigenvalue weighted by molar-refractivity contribution is 0.195. The Labute approximate surface area is 164 Å². The third-order valence-electron chi connectivity index (χ3n) is 4.18. The number of anilines is 1. The molecule has 0 spiro atoms. The van der Waals surface area contributed by atoms with Crippen molar-refractivity contribution in [2.24, 2.45) is 0 Å². The molecule has 1 heterocycles. The van der Waals surface area contributed by atoms with E-state index < -0.39 is 0 Å². The number of rotatable bonds is 8. The van der Waals surface area contributed by atoms with Gasteiger partial charge in [0, 0.05) is 11.5 Å². The second-order valence-electron chi connectivity index (χ2n) is 6.28. The summed E-state index contributed by atoms with van der Waals surface area (Å²) in [4.78, 5) is 4.39. The molecule has 1 unspecified atom stereocenters. The number of fused-ring (bicyclic) bond motifs is 1. The van der Waals surface area contributed by atoms with Crippen molar-refractivity contribution < 1.29 is 14.2 Å². The fourth-order valence-electron chi connectivity index (χ4n) is 2.78. The van der Waals surface area contributed by atoms with Crippen LogP contribution in [-0.2, 0) is 0 Å². The molecule has 0 aliphatic carbocycles. The molecule has 142 valence electrons. The molecule has 2 aromatic carbocycles. The third kappa shape index (κ3) is 4.95. The number of ether oxygens (including phenoxy) is 3. The fraction of sp³-hybridized carbons (Fsp3) is 0.286. The standard InChI is InChI=1S/C21H23ClN2O3/c1-14(5-4-12-26-18-10-9-16(25-2)13-17(18)22)27-19-7-3-6-15-8-11-20(23)24-21(15)19/h3,6-11,13-14H,4-5,12H2,1-2H3,(H2,23,24). The number of nitrogens with zero attached hydrogens (tertiary/aromatic N) is 1. The van der Waals surface area contributed by atoms with Crippen LogP contribution in [0.3, 0.4) is 0 Å². The van der Waals surface area contributed by atoms with Crippen molar-refractivity contribution in [1.82, 2.24) is 4.98 Å². The van der Waals surface area contributed by atoms with E-state index in [1.165, 1.54) is 0 Å².